The van der Waals surface area contributed by atoms with Crippen molar-refractivity contribution in [1.29, 1.82) is 0 Å². The zero-order valence-corrected chi connectivity index (χ0v) is 10.8. The van der Waals surface area contributed by atoms with Crippen molar-refractivity contribution in [2.45, 2.75) is 51.1 Å². The van der Waals surface area contributed by atoms with E-state index >= 15 is 0 Å². The molecule has 1 rings (SSSR count). The molecule has 1 fully saturated rings. The van der Waals surface area contributed by atoms with Crippen LogP contribution in [0.2, 0.25) is 0 Å². The monoisotopic (exact) mass is 260 g/mol. The molecule has 0 aliphatic heterocycles. The van der Waals surface area contributed by atoms with E-state index in [1.54, 1.807) is 13.8 Å². The molecule has 0 aromatic rings. The summed E-state index contributed by atoms with van der Waals surface area (Å²) in [5.74, 6) is -1.06. The van der Waals surface area contributed by atoms with Crippen LogP contribution in [-0.2, 0) is 4.79 Å². The number of carbonyl (C=O) groups is 2. The van der Waals surface area contributed by atoms with Gasteiger partial charge in [-0.1, -0.05) is 0 Å². The Hall–Kier alpha value is -1.33. The highest BCUT2D eigenvalue weighted by molar-refractivity contribution is 5.75. The largest absolute Gasteiger partial charge is 0.481 e. The van der Waals surface area contributed by atoms with Gasteiger partial charge in [-0.2, -0.15) is 0 Å². The number of aliphatic carboxylic acids is 1. The SMILES string of the molecule is CC(C)(CF)NC(=O)NC1CCC(C(=O)O)CC1. The van der Waals surface area contributed by atoms with E-state index in [2.05, 4.69) is 10.6 Å². The summed E-state index contributed by atoms with van der Waals surface area (Å²) in [6.07, 6.45) is 2.46. The molecule has 0 spiro atoms. The third-order valence-electron chi connectivity index (χ3n) is 3.20. The molecular weight excluding hydrogens is 239 g/mol. The lowest BCUT2D eigenvalue weighted by molar-refractivity contribution is -0.142. The average molecular weight is 260 g/mol. The molecule has 0 aromatic heterocycles. The Labute approximate surface area is 106 Å². The first kappa shape index (κ1) is 14.7. The topological polar surface area (TPSA) is 78.4 Å². The van der Waals surface area contributed by atoms with Gasteiger partial charge < -0.3 is 15.7 Å². The summed E-state index contributed by atoms with van der Waals surface area (Å²) in [5.41, 5.74) is -0.873. The number of carbonyl (C=O) groups excluding carboxylic acids is 1. The van der Waals surface area contributed by atoms with Gasteiger partial charge in [0.05, 0.1) is 11.5 Å². The minimum absolute atomic E-state index is 0.0176. The van der Waals surface area contributed by atoms with Crippen molar-refractivity contribution >= 4 is 12.0 Å². The van der Waals surface area contributed by atoms with Crippen molar-refractivity contribution in [3.63, 3.8) is 0 Å². The molecule has 0 radical (unpaired) electrons. The number of amides is 2. The minimum Gasteiger partial charge on any atom is -0.481 e. The molecule has 0 unspecified atom stereocenters. The van der Waals surface area contributed by atoms with Crippen molar-refractivity contribution in [1.82, 2.24) is 10.6 Å². The summed E-state index contributed by atoms with van der Waals surface area (Å²) in [5, 5.41) is 14.2. The Bertz CT molecular complexity index is 312. The fourth-order valence-corrected chi connectivity index (χ4v) is 2.05. The molecule has 0 atom stereocenters. The summed E-state index contributed by atoms with van der Waals surface area (Å²) in [4.78, 5) is 22.4. The maximum absolute atomic E-state index is 12.5. The second kappa shape index (κ2) is 6.02. The highest BCUT2D eigenvalue weighted by atomic mass is 19.1. The van der Waals surface area contributed by atoms with E-state index < -0.39 is 24.2 Å². The Morgan fingerprint density at radius 1 is 1.28 bits per heavy atom. The zero-order chi connectivity index (χ0) is 13.8. The maximum atomic E-state index is 12.5. The van der Waals surface area contributed by atoms with Gasteiger partial charge in [0, 0.05) is 6.04 Å². The van der Waals surface area contributed by atoms with Crippen LogP contribution in [0.25, 0.3) is 0 Å². The third-order valence-corrected chi connectivity index (χ3v) is 3.20. The summed E-state index contributed by atoms with van der Waals surface area (Å²) >= 11 is 0. The molecule has 18 heavy (non-hydrogen) atoms. The van der Waals surface area contributed by atoms with Crippen molar-refractivity contribution in [3.05, 3.63) is 0 Å². The fraction of sp³-hybridized carbons (Fsp3) is 0.833. The van der Waals surface area contributed by atoms with Gasteiger partial charge in [-0.15, -0.1) is 0 Å². The summed E-state index contributed by atoms with van der Waals surface area (Å²) < 4.78 is 12.5. The lowest BCUT2D eigenvalue weighted by Crippen LogP contribution is -2.52. The Kier molecular flexibility index (Phi) is 4.93. The highest BCUT2D eigenvalue weighted by Crippen LogP contribution is 2.24. The number of rotatable bonds is 4. The number of urea groups is 1. The second-order valence-electron chi connectivity index (χ2n) is 5.50. The zero-order valence-electron chi connectivity index (χ0n) is 10.8. The van der Waals surface area contributed by atoms with E-state index in [0.717, 1.165) is 0 Å². The number of alkyl halides is 1. The number of halogens is 1. The lowest BCUT2D eigenvalue weighted by Gasteiger charge is -2.29. The fourth-order valence-electron chi connectivity index (χ4n) is 2.05. The van der Waals surface area contributed by atoms with Gasteiger partial charge in [-0.3, -0.25) is 4.79 Å². The van der Waals surface area contributed by atoms with E-state index in [1.807, 2.05) is 0 Å². The second-order valence-corrected chi connectivity index (χ2v) is 5.50. The molecule has 1 aliphatic carbocycles. The minimum atomic E-state index is -0.873. The molecule has 2 amide bonds. The molecule has 104 valence electrons. The number of hydrogen-bond donors (Lipinski definition) is 3. The number of carboxylic acids is 1. The van der Waals surface area contributed by atoms with Crippen LogP contribution in [0.1, 0.15) is 39.5 Å². The van der Waals surface area contributed by atoms with Crippen LogP contribution in [0, 0.1) is 5.92 Å². The smallest absolute Gasteiger partial charge is 0.315 e. The van der Waals surface area contributed by atoms with Crippen LogP contribution >= 0.6 is 0 Å². The van der Waals surface area contributed by atoms with Crippen LogP contribution in [-0.4, -0.2) is 35.4 Å². The maximum Gasteiger partial charge on any atom is 0.315 e. The first-order valence-electron chi connectivity index (χ1n) is 6.21. The molecule has 5 nitrogen and oxygen atoms in total. The normalized spacial score (nSPS) is 24.4. The molecule has 3 N–H and O–H groups in total. The standard InChI is InChI=1S/C12H21FN2O3/c1-12(2,7-13)15-11(18)14-9-5-3-8(4-6-9)10(16)17/h8-9H,3-7H2,1-2H3,(H,16,17)(H2,14,15,18). The van der Waals surface area contributed by atoms with Crippen molar-refractivity contribution in [3.8, 4) is 0 Å². The van der Waals surface area contributed by atoms with Crippen molar-refractivity contribution < 1.29 is 19.1 Å². The number of nitrogens with one attached hydrogen (secondary N) is 2. The van der Waals surface area contributed by atoms with Crippen LogP contribution in [0.5, 0.6) is 0 Å². The molecule has 0 bridgehead atoms. The van der Waals surface area contributed by atoms with Gasteiger partial charge in [0.2, 0.25) is 0 Å². The third kappa shape index (κ3) is 4.50. The Morgan fingerprint density at radius 2 is 1.83 bits per heavy atom. The van der Waals surface area contributed by atoms with Gasteiger partial charge in [0.25, 0.3) is 0 Å². The highest BCUT2D eigenvalue weighted by Gasteiger charge is 2.28. The molecule has 6 heteroatoms. The molecule has 0 heterocycles. The van der Waals surface area contributed by atoms with Crippen LogP contribution in [0.15, 0.2) is 0 Å². The summed E-state index contributed by atoms with van der Waals surface area (Å²) in [6.45, 7) is 2.58. The molecule has 1 saturated carbocycles. The van der Waals surface area contributed by atoms with Crippen LogP contribution in [0.4, 0.5) is 9.18 Å². The quantitative estimate of drug-likeness (QED) is 0.719. The predicted octanol–water partition coefficient (Wildman–Crippen LogP) is 1.68. The van der Waals surface area contributed by atoms with Crippen LogP contribution < -0.4 is 10.6 Å². The van der Waals surface area contributed by atoms with Crippen molar-refractivity contribution in [2.24, 2.45) is 5.92 Å². The first-order chi connectivity index (χ1) is 8.34. The van der Waals surface area contributed by atoms with Gasteiger partial charge >= 0.3 is 12.0 Å². The first-order valence-corrected chi connectivity index (χ1v) is 6.21. The molecule has 0 aromatic carbocycles. The summed E-state index contributed by atoms with van der Waals surface area (Å²) in [6, 6.07) is -0.410. The van der Waals surface area contributed by atoms with E-state index in [0.29, 0.717) is 25.7 Å². The molecular formula is C12H21FN2O3. The lowest BCUT2D eigenvalue weighted by atomic mass is 9.86. The van der Waals surface area contributed by atoms with E-state index in [1.165, 1.54) is 0 Å². The Balaban J connectivity index is 2.33. The Morgan fingerprint density at radius 3 is 2.28 bits per heavy atom. The average Bonchev–Trinajstić information content (AvgIpc) is 2.29. The van der Waals surface area contributed by atoms with Gasteiger partial charge in [0.1, 0.15) is 6.67 Å². The van der Waals surface area contributed by atoms with E-state index in [-0.39, 0.29) is 12.0 Å². The van der Waals surface area contributed by atoms with E-state index in [4.69, 9.17) is 5.11 Å². The predicted molar refractivity (Wildman–Crippen MR) is 65.1 cm³/mol. The van der Waals surface area contributed by atoms with E-state index in [9.17, 15) is 14.0 Å². The van der Waals surface area contributed by atoms with Crippen LogP contribution in [0.3, 0.4) is 0 Å². The van der Waals surface area contributed by atoms with Crippen molar-refractivity contribution in [2.75, 3.05) is 6.67 Å². The molecule has 0 saturated heterocycles. The van der Waals surface area contributed by atoms with Gasteiger partial charge in [0.15, 0.2) is 0 Å². The number of hydrogen-bond acceptors (Lipinski definition) is 2. The number of carboxylic acid groups (broad SMARTS) is 1. The van der Waals surface area contributed by atoms with Gasteiger partial charge in [-0.05, 0) is 39.5 Å². The van der Waals surface area contributed by atoms with Gasteiger partial charge in [-0.25, -0.2) is 9.18 Å². The summed E-state index contributed by atoms with van der Waals surface area (Å²) in [7, 11) is 0. The molecule has 1 aliphatic rings.